The molecule has 0 unspecified atom stereocenters. The van der Waals surface area contributed by atoms with Gasteiger partial charge in [-0.2, -0.15) is 0 Å². The zero-order valence-electron chi connectivity index (χ0n) is 14.8. The standard InChI is InChI=1S/C17H30N2O4/c1-5-14-13(15(20)18-12-7-10-22-11-8-12)6-9-19(14)16(21)23-17(2,3)4/h12-14H,5-11H2,1-4H3,(H,18,20)/t13-,14-/m1/s1. The van der Waals surface area contributed by atoms with E-state index in [1.54, 1.807) is 4.90 Å². The Labute approximate surface area is 138 Å². The van der Waals surface area contributed by atoms with Crippen LogP contribution in [-0.2, 0) is 14.3 Å². The molecule has 0 aromatic heterocycles. The third-order valence-electron chi connectivity index (χ3n) is 4.50. The molecule has 0 aromatic rings. The Morgan fingerprint density at radius 2 is 1.87 bits per heavy atom. The van der Waals surface area contributed by atoms with Crippen molar-refractivity contribution in [3.8, 4) is 0 Å². The summed E-state index contributed by atoms with van der Waals surface area (Å²) in [6.45, 7) is 9.58. The van der Waals surface area contributed by atoms with E-state index in [-0.39, 0.29) is 30.0 Å². The third-order valence-corrected chi connectivity index (χ3v) is 4.50. The van der Waals surface area contributed by atoms with Gasteiger partial charge < -0.3 is 19.7 Å². The number of likely N-dealkylation sites (tertiary alicyclic amines) is 1. The minimum Gasteiger partial charge on any atom is -0.444 e. The molecule has 0 radical (unpaired) electrons. The molecule has 2 aliphatic heterocycles. The van der Waals surface area contributed by atoms with Gasteiger partial charge in [0.25, 0.3) is 0 Å². The Morgan fingerprint density at radius 3 is 2.43 bits per heavy atom. The molecule has 0 aliphatic carbocycles. The minimum absolute atomic E-state index is 0.0646. The van der Waals surface area contributed by atoms with Crippen molar-refractivity contribution in [2.75, 3.05) is 19.8 Å². The van der Waals surface area contributed by atoms with Crippen LogP contribution in [0.1, 0.15) is 53.4 Å². The molecule has 1 N–H and O–H groups in total. The van der Waals surface area contributed by atoms with E-state index in [1.807, 2.05) is 27.7 Å². The van der Waals surface area contributed by atoms with E-state index in [1.165, 1.54) is 0 Å². The van der Waals surface area contributed by atoms with Crippen LogP contribution >= 0.6 is 0 Å². The minimum atomic E-state index is -0.516. The zero-order chi connectivity index (χ0) is 17.0. The monoisotopic (exact) mass is 326 g/mol. The summed E-state index contributed by atoms with van der Waals surface area (Å²) < 4.78 is 10.8. The van der Waals surface area contributed by atoms with Gasteiger partial charge in [-0.15, -0.1) is 0 Å². The first-order valence-electron chi connectivity index (χ1n) is 8.69. The lowest BCUT2D eigenvalue weighted by Crippen LogP contribution is -2.47. The molecule has 0 aromatic carbocycles. The van der Waals surface area contributed by atoms with Crippen LogP contribution in [0.2, 0.25) is 0 Å². The number of rotatable bonds is 3. The fourth-order valence-electron chi connectivity index (χ4n) is 3.36. The fraction of sp³-hybridized carbons (Fsp3) is 0.882. The van der Waals surface area contributed by atoms with Crippen LogP contribution in [0.25, 0.3) is 0 Å². The Bertz CT molecular complexity index is 427. The maximum atomic E-state index is 12.6. The maximum Gasteiger partial charge on any atom is 0.410 e. The number of nitrogens with zero attached hydrogens (tertiary/aromatic N) is 1. The van der Waals surface area contributed by atoms with Crippen LogP contribution in [0.5, 0.6) is 0 Å². The third kappa shape index (κ3) is 4.83. The van der Waals surface area contributed by atoms with Gasteiger partial charge in [0.2, 0.25) is 5.91 Å². The molecule has 6 heteroatoms. The number of nitrogens with one attached hydrogen (secondary N) is 1. The van der Waals surface area contributed by atoms with Gasteiger partial charge in [0.05, 0.1) is 5.92 Å². The number of carbonyl (C=O) groups excluding carboxylic acids is 2. The van der Waals surface area contributed by atoms with Crippen LogP contribution in [-0.4, -0.2) is 54.3 Å². The van der Waals surface area contributed by atoms with E-state index in [0.29, 0.717) is 26.2 Å². The fourth-order valence-corrected chi connectivity index (χ4v) is 3.36. The van der Waals surface area contributed by atoms with E-state index in [4.69, 9.17) is 9.47 Å². The number of amides is 2. The smallest absolute Gasteiger partial charge is 0.410 e. The van der Waals surface area contributed by atoms with Crippen LogP contribution in [0, 0.1) is 5.92 Å². The summed E-state index contributed by atoms with van der Waals surface area (Å²) >= 11 is 0. The normalized spacial score (nSPS) is 26.2. The molecule has 0 spiro atoms. The summed E-state index contributed by atoms with van der Waals surface area (Å²) in [6, 6.07) is 0.119. The second-order valence-electron chi connectivity index (χ2n) is 7.44. The summed E-state index contributed by atoms with van der Waals surface area (Å²) in [5.74, 6) is -0.0785. The Kier molecular flexibility index (Phi) is 5.89. The van der Waals surface area contributed by atoms with E-state index < -0.39 is 5.60 Å². The van der Waals surface area contributed by atoms with Crippen molar-refractivity contribution < 1.29 is 19.1 Å². The highest BCUT2D eigenvalue weighted by atomic mass is 16.6. The Balaban J connectivity index is 1.95. The molecule has 2 aliphatic rings. The van der Waals surface area contributed by atoms with Gasteiger partial charge in [-0.05, 0) is 46.5 Å². The molecular formula is C17H30N2O4. The molecule has 2 fully saturated rings. The summed E-state index contributed by atoms with van der Waals surface area (Å²) in [4.78, 5) is 26.7. The molecule has 132 valence electrons. The van der Waals surface area contributed by atoms with Crippen LogP contribution in [0.4, 0.5) is 4.79 Å². The molecule has 6 nitrogen and oxygen atoms in total. The van der Waals surface area contributed by atoms with Gasteiger partial charge >= 0.3 is 6.09 Å². The van der Waals surface area contributed by atoms with Crippen molar-refractivity contribution in [2.45, 2.75) is 71.1 Å². The second-order valence-corrected chi connectivity index (χ2v) is 7.44. The molecule has 2 rings (SSSR count). The highest BCUT2D eigenvalue weighted by Crippen LogP contribution is 2.29. The predicted octanol–water partition coefficient (Wildman–Crippen LogP) is 2.32. The van der Waals surface area contributed by atoms with Crippen molar-refractivity contribution >= 4 is 12.0 Å². The van der Waals surface area contributed by atoms with Crippen molar-refractivity contribution in [3.05, 3.63) is 0 Å². The maximum absolute atomic E-state index is 12.6. The van der Waals surface area contributed by atoms with Crippen molar-refractivity contribution in [2.24, 2.45) is 5.92 Å². The van der Waals surface area contributed by atoms with Crippen molar-refractivity contribution in [1.29, 1.82) is 0 Å². The molecule has 23 heavy (non-hydrogen) atoms. The van der Waals surface area contributed by atoms with Gasteiger partial charge in [-0.25, -0.2) is 4.79 Å². The number of carbonyl (C=O) groups is 2. The summed E-state index contributed by atoms with van der Waals surface area (Å²) in [7, 11) is 0. The van der Waals surface area contributed by atoms with Crippen LogP contribution < -0.4 is 5.32 Å². The predicted molar refractivity (Wildman–Crippen MR) is 87.1 cm³/mol. The van der Waals surface area contributed by atoms with Crippen LogP contribution in [0.15, 0.2) is 0 Å². The average Bonchev–Trinajstić information content (AvgIpc) is 2.90. The molecule has 0 bridgehead atoms. The highest BCUT2D eigenvalue weighted by molar-refractivity contribution is 5.81. The lowest BCUT2D eigenvalue weighted by Gasteiger charge is -2.30. The second kappa shape index (κ2) is 7.51. The van der Waals surface area contributed by atoms with Crippen molar-refractivity contribution in [3.63, 3.8) is 0 Å². The van der Waals surface area contributed by atoms with Gasteiger partial charge in [0, 0.05) is 31.8 Å². The number of hydrogen-bond acceptors (Lipinski definition) is 4. The van der Waals surface area contributed by atoms with Gasteiger partial charge in [0.1, 0.15) is 5.60 Å². The zero-order valence-corrected chi connectivity index (χ0v) is 14.8. The highest BCUT2D eigenvalue weighted by Gasteiger charge is 2.41. The van der Waals surface area contributed by atoms with E-state index >= 15 is 0 Å². The average molecular weight is 326 g/mol. The summed E-state index contributed by atoms with van der Waals surface area (Å²) in [6.07, 6.45) is 2.87. The topological polar surface area (TPSA) is 67.9 Å². The lowest BCUT2D eigenvalue weighted by molar-refractivity contribution is -0.127. The van der Waals surface area contributed by atoms with E-state index in [2.05, 4.69) is 5.32 Å². The van der Waals surface area contributed by atoms with E-state index in [9.17, 15) is 9.59 Å². The first-order valence-corrected chi connectivity index (χ1v) is 8.69. The molecule has 0 saturated carbocycles. The molecule has 2 atom stereocenters. The number of hydrogen-bond donors (Lipinski definition) is 1. The molecule has 2 saturated heterocycles. The summed E-state index contributed by atoms with van der Waals surface area (Å²) in [5.41, 5.74) is -0.516. The molecule has 2 amide bonds. The largest absolute Gasteiger partial charge is 0.444 e. The van der Waals surface area contributed by atoms with E-state index in [0.717, 1.165) is 19.3 Å². The van der Waals surface area contributed by atoms with Gasteiger partial charge in [-0.1, -0.05) is 6.92 Å². The summed E-state index contributed by atoms with van der Waals surface area (Å²) in [5, 5.41) is 3.14. The van der Waals surface area contributed by atoms with Gasteiger partial charge in [0.15, 0.2) is 0 Å². The Hall–Kier alpha value is -1.30. The quantitative estimate of drug-likeness (QED) is 0.864. The first-order chi connectivity index (χ1) is 10.8. The molecule has 2 heterocycles. The Morgan fingerprint density at radius 1 is 1.22 bits per heavy atom. The van der Waals surface area contributed by atoms with Crippen LogP contribution in [0.3, 0.4) is 0 Å². The lowest BCUT2D eigenvalue weighted by atomic mass is 9.96. The van der Waals surface area contributed by atoms with Crippen molar-refractivity contribution in [1.82, 2.24) is 10.2 Å². The molecular weight excluding hydrogens is 296 g/mol. The number of ether oxygens (including phenoxy) is 2. The van der Waals surface area contributed by atoms with Gasteiger partial charge in [-0.3, -0.25) is 4.79 Å². The SMILES string of the molecule is CC[C@@H]1[C@H](C(=O)NC2CCOCC2)CCN1C(=O)OC(C)(C)C. The first kappa shape index (κ1) is 18.0.